The molecule has 1 aliphatic rings. The lowest BCUT2D eigenvalue weighted by Crippen LogP contribution is -2.44. The van der Waals surface area contributed by atoms with E-state index in [0.717, 1.165) is 29.0 Å². The van der Waals surface area contributed by atoms with Gasteiger partial charge in [0.15, 0.2) is 0 Å². The highest BCUT2D eigenvalue weighted by atomic mass is 79.9. The maximum atomic E-state index is 9.93. The molecule has 0 saturated carbocycles. The highest BCUT2D eigenvalue weighted by molar-refractivity contribution is 9.10. The van der Waals surface area contributed by atoms with E-state index in [2.05, 4.69) is 22.9 Å². The minimum absolute atomic E-state index is 0.133. The summed E-state index contributed by atoms with van der Waals surface area (Å²) in [7, 11) is 0. The van der Waals surface area contributed by atoms with Gasteiger partial charge in [-0.25, -0.2) is 0 Å². The number of halogens is 1. The van der Waals surface area contributed by atoms with Crippen LogP contribution in [-0.4, -0.2) is 24.9 Å². The van der Waals surface area contributed by atoms with Gasteiger partial charge in [-0.15, -0.1) is 0 Å². The summed E-state index contributed by atoms with van der Waals surface area (Å²) in [6.45, 7) is 7.84. The fourth-order valence-electron chi connectivity index (χ4n) is 1.78. The van der Waals surface area contributed by atoms with Crippen molar-refractivity contribution in [3.8, 4) is 5.75 Å². The van der Waals surface area contributed by atoms with Gasteiger partial charge in [-0.2, -0.15) is 0 Å². The average Bonchev–Trinajstić information content (AvgIpc) is 2.23. The van der Waals surface area contributed by atoms with Crippen molar-refractivity contribution < 1.29 is 14.6 Å². The van der Waals surface area contributed by atoms with Gasteiger partial charge in [0.2, 0.25) is 0 Å². The molecule has 0 spiro atoms. The van der Waals surface area contributed by atoms with E-state index < -0.39 is 5.60 Å². The molecule has 0 atom stereocenters. The quantitative estimate of drug-likeness (QED) is 0.928. The van der Waals surface area contributed by atoms with Gasteiger partial charge in [0.25, 0.3) is 0 Å². The monoisotopic (exact) mass is 314 g/mol. The van der Waals surface area contributed by atoms with Gasteiger partial charge in [0.05, 0.1) is 29.9 Å². The first-order valence-electron chi connectivity index (χ1n) is 6.03. The molecule has 1 heterocycles. The second-order valence-electron chi connectivity index (χ2n) is 5.80. The molecule has 4 heteroatoms. The van der Waals surface area contributed by atoms with Gasteiger partial charge in [-0.05, 0) is 47.5 Å². The number of hydrogen-bond acceptors (Lipinski definition) is 3. The lowest BCUT2D eigenvalue weighted by Gasteiger charge is -2.37. The number of benzene rings is 1. The summed E-state index contributed by atoms with van der Waals surface area (Å²) in [5, 5.41) is 9.93. The van der Waals surface area contributed by atoms with Crippen molar-refractivity contribution in [1.29, 1.82) is 0 Å². The van der Waals surface area contributed by atoms with Gasteiger partial charge in [0.1, 0.15) is 5.75 Å². The molecule has 18 heavy (non-hydrogen) atoms. The molecular weight excluding hydrogens is 296 g/mol. The summed E-state index contributed by atoms with van der Waals surface area (Å²) in [5.41, 5.74) is 0.156. The number of ether oxygens (including phenoxy) is 2. The van der Waals surface area contributed by atoms with Gasteiger partial charge in [-0.1, -0.05) is 13.0 Å². The molecule has 0 bridgehead atoms. The van der Waals surface area contributed by atoms with E-state index in [1.807, 2.05) is 18.2 Å². The van der Waals surface area contributed by atoms with Crippen LogP contribution in [0.15, 0.2) is 22.7 Å². The van der Waals surface area contributed by atoms with Crippen LogP contribution in [0.5, 0.6) is 5.75 Å². The first kappa shape index (κ1) is 13.8. The molecule has 1 aliphatic heterocycles. The fraction of sp³-hybridized carbons (Fsp3) is 0.571. The maximum Gasteiger partial charge on any atom is 0.133 e. The highest BCUT2D eigenvalue weighted by Crippen LogP contribution is 2.33. The fourth-order valence-corrected chi connectivity index (χ4v) is 2.28. The van der Waals surface area contributed by atoms with Gasteiger partial charge >= 0.3 is 0 Å². The van der Waals surface area contributed by atoms with E-state index in [-0.39, 0.29) is 5.41 Å². The Morgan fingerprint density at radius 1 is 1.44 bits per heavy atom. The zero-order valence-corrected chi connectivity index (χ0v) is 12.6. The Morgan fingerprint density at radius 2 is 2.11 bits per heavy atom. The lowest BCUT2D eigenvalue weighted by molar-refractivity contribution is -0.120. The van der Waals surface area contributed by atoms with Crippen LogP contribution in [0.25, 0.3) is 0 Å². The maximum absolute atomic E-state index is 9.93. The van der Waals surface area contributed by atoms with Crippen LogP contribution >= 0.6 is 15.9 Å². The zero-order chi connectivity index (χ0) is 13.4. The minimum atomic E-state index is -0.838. The molecule has 1 aromatic rings. The standard InChI is InChI=1S/C14H19BrO3/c1-13(2,16)10-4-5-12(11(15)6-10)18-9-14(3)7-17-8-14/h4-6,16H,7-9H2,1-3H3. The van der Waals surface area contributed by atoms with Crippen molar-refractivity contribution in [2.75, 3.05) is 19.8 Å². The first-order valence-corrected chi connectivity index (χ1v) is 6.82. The third-order valence-electron chi connectivity index (χ3n) is 3.12. The van der Waals surface area contributed by atoms with Crippen molar-refractivity contribution in [2.24, 2.45) is 5.41 Å². The smallest absolute Gasteiger partial charge is 0.133 e. The average molecular weight is 315 g/mol. The molecule has 0 aliphatic carbocycles. The molecule has 1 fully saturated rings. The number of aliphatic hydroxyl groups is 1. The van der Waals surface area contributed by atoms with E-state index in [0.29, 0.717) is 6.61 Å². The van der Waals surface area contributed by atoms with Gasteiger partial charge in [-0.3, -0.25) is 0 Å². The molecular formula is C14H19BrO3. The van der Waals surface area contributed by atoms with E-state index in [1.165, 1.54) is 0 Å². The second kappa shape index (κ2) is 4.83. The molecule has 0 aromatic heterocycles. The van der Waals surface area contributed by atoms with E-state index in [9.17, 15) is 5.11 Å². The molecule has 100 valence electrons. The summed E-state index contributed by atoms with van der Waals surface area (Å²) < 4.78 is 11.9. The Hall–Kier alpha value is -0.580. The Labute approximate surface area is 116 Å². The van der Waals surface area contributed by atoms with E-state index >= 15 is 0 Å². The van der Waals surface area contributed by atoms with Crippen LogP contribution in [0.3, 0.4) is 0 Å². The number of hydrogen-bond donors (Lipinski definition) is 1. The van der Waals surface area contributed by atoms with Crippen LogP contribution in [0.2, 0.25) is 0 Å². The molecule has 0 unspecified atom stereocenters. The zero-order valence-electron chi connectivity index (χ0n) is 11.0. The molecule has 0 radical (unpaired) electrons. The summed E-state index contributed by atoms with van der Waals surface area (Å²) in [4.78, 5) is 0. The highest BCUT2D eigenvalue weighted by Gasteiger charge is 2.34. The normalized spacial score (nSPS) is 18.3. The third-order valence-corrected chi connectivity index (χ3v) is 3.74. The van der Waals surface area contributed by atoms with Crippen molar-refractivity contribution in [2.45, 2.75) is 26.4 Å². The van der Waals surface area contributed by atoms with Crippen molar-refractivity contribution in [3.63, 3.8) is 0 Å². The first-order chi connectivity index (χ1) is 8.30. The molecule has 1 saturated heterocycles. The van der Waals surface area contributed by atoms with Crippen molar-refractivity contribution in [3.05, 3.63) is 28.2 Å². The van der Waals surface area contributed by atoms with Crippen molar-refractivity contribution >= 4 is 15.9 Å². The van der Waals surface area contributed by atoms with Crippen LogP contribution in [-0.2, 0) is 10.3 Å². The Kier molecular flexibility index (Phi) is 3.72. The van der Waals surface area contributed by atoms with Crippen LogP contribution in [0.4, 0.5) is 0 Å². The molecule has 1 N–H and O–H groups in total. The Morgan fingerprint density at radius 3 is 2.56 bits per heavy atom. The second-order valence-corrected chi connectivity index (χ2v) is 6.65. The molecule has 3 nitrogen and oxygen atoms in total. The molecule has 0 amide bonds. The van der Waals surface area contributed by atoms with Crippen LogP contribution in [0.1, 0.15) is 26.3 Å². The Bertz CT molecular complexity index is 433. The van der Waals surface area contributed by atoms with Gasteiger partial charge < -0.3 is 14.6 Å². The Balaban J connectivity index is 2.06. The predicted octanol–water partition coefficient (Wildman–Crippen LogP) is 3.09. The molecule has 1 aromatic carbocycles. The van der Waals surface area contributed by atoms with Crippen molar-refractivity contribution in [1.82, 2.24) is 0 Å². The third kappa shape index (κ3) is 3.05. The molecule has 2 rings (SSSR count). The van der Waals surface area contributed by atoms with E-state index in [4.69, 9.17) is 9.47 Å². The predicted molar refractivity (Wildman–Crippen MR) is 73.8 cm³/mol. The van der Waals surface area contributed by atoms with E-state index in [1.54, 1.807) is 13.8 Å². The summed E-state index contributed by atoms with van der Waals surface area (Å²) in [5.74, 6) is 0.802. The minimum Gasteiger partial charge on any atom is -0.492 e. The summed E-state index contributed by atoms with van der Waals surface area (Å²) in [6, 6.07) is 5.68. The lowest BCUT2D eigenvalue weighted by atomic mass is 9.90. The van der Waals surface area contributed by atoms with Crippen LogP contribution in [0, 0.1) is 5.41 Å². The number of rotatable bonds is 4. The summed E-state index contributed by atoms with van der Waals surface area (Å²) in [6.07, 6.45) is 0. The van der Waals surface area contributed by atoms with Gasteiger partial charge in [0, 0.05) is 5.41 Å². The van der Waals surface area contributed by atoms with Crippen LogP contribution < -0.4 is 4.74 Å². The summed E-state index contributed by atoms with van der Waals surface area (Å²) >= 11 is 3.48. The largest absolute Gasteiger partial charge is 0.492 e. The topological polar surface area (TPSA) is 38.7 Å². The SMILES string of the molecule is CC1(COc2ccc(C(C)(C)O)cc2Br)COC1.